The van der Waals surface area contributed by atoms with Crippen LogP contribution in [0.15, 0.2) is 29.2 Å². The minimum atomic E-state index is -3.46. The second-order valence-electron chi connectivity index (χ2n) is 8.84. The monoisotopic (exact) mass is 419 g/mol. The summed E-state index contributed by atoms with van der Waals surface area (Å²) in [5, 5.41) is 0. The molecule has 3 fully saturated rings. The number of amides is 1. The van der Waals surface area contributed by atoms with E-state index < -0.39 is 10.0 Å². The maximum absolute atomic E-state index is 13.1. The molecule has 2 heterocycles. The number of benzene rings is 1. The van der Waals surface area contributed by atoms with E-state index in [-0.39, 0.29) is 18.0 Å². The van der Waals surface area contributed by atoms with Crippen LogP contribution in [0.4, 0.5) is 0 Å². The third kappa shape index (κ3) is 4.37. The Kier molecular flexibility index (Phi) is 6.27. The zero-order valence-electron chi connectivity index (χ0n) is 17.1. The van der Waals surface area contributed by atoms with Gasteiger partial charge in [-0.25, -0.2) is 8.42 Å². The molecule has 2 N–H and O–H groups in total. The molecule has 4 rings (SSSR count). The highest BCUT2D eigenvalue weighted by molar-refractivity contribution is 7.89. The normalized spacial score (nSPS) is 26.0. The lowest BCUT2D eigenvalue weighted by molar-refractivity contribution is -0.123. The van der Waals surface area contributed by atoms with Crippen LogP contribution >= 0.6 is 0 Å². The number of rotatable bonds is 5. The first-order chi connectivity index (χ1) is 14.0. The smallest absolute Gasteiger partial charge is 0.243 e. The van der Waals surface area contributed by atoms with E-state index in [4.69, 9.17) is 5.73 Å². The topological polar surface area (TPSA) is 83.7 Å². The molecular formula is C22H33N3O3S. The second kappa shape index (κ2) is 8.74. The van der Waals surface area contributed by atoms with Gasteiger partial charge in [-0.05, 0) is 68.7 Å². The number of hydrogen-bond acceptors (Lipinski definition) is 4. The molecule has 0 bridgehead atoms. The first kappa shape index (κ1) is 20.8. The zero-order chi connectivity index (χ0) is 20.4. The van der Waals surface area contributed by atoms with Crippen LogP contribution in [0.2, 0.25) is 0 Å². The third-order valence-corrected chi connectivity index (χ3v) is 9.02. The van der Waals surface area contributed by atoms with Gasteiger partial charge in [-0.3, -0.25) is 9.69 Å². The Morgan fingerprint density at radius 3 is 2.14 bits per heavy atom. The van der Waals surface area contributed by atoms with E-state index in [1.54, 1.807) is 16.4 Å². The van der Waals surface area contributed by atoms with Gasteiger partial charge >= 0.3 is 0 Å². The van der Waals surface area contributed by atoms with Gasteiger partial charge in [0.2, 0.25) is 15.9 Å². The van der Waals surface area contributed by atoms with Gasteiger partial charge in [-0.1, -0.05) is 31.4 Å². The summed E-state index contributed by atoms with van der Waals surface area (Å²) in [5.74, 6) is 0.325. The van der Waals surface area contributed by atoms with Crippen LogP contribution in [-0.2, 0) is 14.8 Å². The minimum absolute atomic E-state index is 0.185. The summed E-state index contributed by atoms with van der Waals surface area (Å²) in [7, 11) is -3.46. The van der Waals surface area contributed by atoms with Crippen molar-refractivity contribution in [3.8, 4) is 0 Å². The van der Waals surface area contributed by atoms with E-state index in [0.29, 0.717) is 23.9 Å². The summed E-state index contributed by atoms with van der Waals surface area (Å²) >= 11 is 0. The summed E-state index contributed by atoms with van der Waals surface area (Å²) < 4.78 is 27.8. The Hall–Kier alpha value is -1.44. The highest BCUT2D eigenvalue weighted by Crippen LogP contribution is 2.33. The van der Waals surface area contributed by atoms with Crippen molar-refractivity contribution in [2.24, 2.45) is 5.73 Å². The number of hydrogen-bond donors (Lipinski definition) is 1. The molecule has 1 saturated carbocycles. The molecule has 1 aromatic carbocycles. The quantitative estimate of drug-likeness (QED) is 0.795. The molecule has 0 spiro atoms. The Morgan fingerprint density at radius 1 is 0.862 bits per heavy atom. The minimum Gasteiger partial charge on any atom is -0.368 e. The highest BCUT2D eigenvalue weighted by Gasteiger charge is 2.37. The van der Waals surface area contributed by atoms with Crippen molar-refractivity contribution in [1.29, 1.82) is 0 Å². The maximum Gasteiger partial charge on any atom is 0.243 e. The van der Waals surface area contributed by atoms with Crippen LogP contribution in [0.1, 0.15) is 69.3 Å². The van der Waals surface area contributed by atoms with E-state index in [0.717, 1.165) is 32.2 Å². The number of carbonyl (C=O) groups excluding carboxylic acids is 1. The molecule has 6 nitrogen and oxygen atoms in total. The van der Waals surface area contributed by atoms with Crippen molar-refractivity contribution in [3.05, 3.63) is 29.8 Å². The van der Waals surface area contributed by atoms with E-state index in [2.05, 4.69) is 4.90 Å². The second-order valence-corrected chi connectivity index (χ2v) is 10.8. The number of primary amides is 1. The molecule has 1 atom stereocenters. The van der Waals surface area contributed by atoms with Crippen molar-refractivity contribution in [1.82, 2.24) is 9.21 Å². The van der Waals surface area contributed by atoms with E-state index in [1.807, 2.05) is 12.1 Å². The molecule has 1 aromatic rings. The predicted octanol–water partition coefficient (Wildman–Crippen LogP) is 2.84. The van der Waals surface area contributed by atoms with Gasteiger partial charge in [0.25, 0.3) is 0 Å². The number of nitrogens with two attached hydrogens (primary N) is 1. The fraction of sp³-hybridized carbons (Fsp3) is 0.682. The van der Waals surface area contributed by atoms with Crippen LogP contribution < -0.4 is 5.73 Å². The summed E-state index contributed by atoms with van der Waals surface area (Å²) in [6, 6.07) is 7.66. The fourth-order valence-corrected chi connectivity index (χ4v) is 6.91. The summed E-state index contributed by atoms with van der Waals surface area (Å²) in [4.78, 5) is 14.3. The molecule has 7 heteroatoms. The molecule has 2 aliphatic heterocycles. The molecule has 0 radical (unpaired) electrons. The van der Waals surface area contributed by atoms with Crippen molar-refractivity contribution >= 4 is 15.9 Å². The summed E-state index contributed by atoms with van der Waals surface area (Å²) in [6.07, 6.45) is 9.59. The van der Waals surface area contributed by atoms with Crippen LogP contribution in [0, 0.1) is 0 Å². The SMILES string of the molecule is NC(=O)C1CCCN1C1CCN(S(=O)(=O)c2ccc(C3CCCCC3)cc2)CC1. The van der Waals surface area contributed by atoms with Crippen LogP contribution in [0.5, 0.6) is 0 Å². The van der Waals surface area contributed by atoms with Crippen molar-refractivity contribution < 1.29 is 13.2 Å². The molecule has 1 amide bonds. The Morgan fingerprint density at radius 2 is 1.52 bits per heavy atom. The summed E-state index contributed by atoms with van der Waals surface area (Å²) in [6.45, 7) is 1.88. The van der Waals surface area contributed by atoms with Crippen molar-refractivity contribution in [3.63, 3.8) is 0 Å². The zero-order valence-corrected chi connectivity index (χ0v) is 17.9. The molecule has 2 saturated heterocycles. The number of carbonyl (C=O) groups is 1. The first-order valence-corrected chi connectivity index (χ1v) is 12.6. The van der Waals surface area contributed by atoms with Crippen LogP contribution in [0.25, 0.3) is 0 Å². The third-order valence-electron chi connectivity index (χ3n) is 7.11. The molecule has 1 unspecified atom stereocenters. The lowest BCUT2D eigenvalue weighted by atomic mass is 9.84. The van der Waals surface area contributed by atoms with Gasteiger partial charge in [-0.2, -0.15) is 4.31 Å². The largest absolute Gasteiger partial charge is 0.368 e. The van der Waals surface area contributed by atoms with Crippen molar-refractivity contribution in [2.75, 3.05) is 19.6 Å². The average molecular weight is 420 g/mol. The van der Waals surface area contributed by atoms with Crippen LogP contribution in [0.3, 0.4) is 0 Å². The number of piperidine rings is 1. The molecule has 29 heavy (non-hydrogen) atoms. The number of nitrogens with zero attached hydrogens (tertiary/aromatic N) is 2. The predicted molar refractivity (Wildman–Crippen MR) is 113 cm³/mol. The van der Waals surface area contributed by atoms with Gasteiger partial charge in [0.1, 0.15) is 0 Å². The lowest BCUT2D eigenvalue weighted by Crippen LogP contribution is -2.51. The van der Waals surface area contributed by atoms with E-state index in [9.17, 15) is 13.2 Å². The highest BCUT2D eigenvalue weighted by atomic mass is 32.2. The lowest BCUT2D eigenvalue weighted by Gasteiger charge is -2.38. The van der Waals surface area contributed by atoms with E-state index >= 15 is 0 Å². The van der Waals surface area contributed by atoms with Gasteiger partial charge in [0, 0.05) is 19.1 Å². The molecular weight excluding hydrogens is 386 g/mol. The van der Waals surface area contributed by atoms with Crippen LogP contribution in [-0.4, -0.2) is 55.2 Å². The van der Waals surface area contributed by atoms with Crippen molar-refractivity contribution in [2.45, 2.75) is 80.7 Å². The average Bonchev–Trinajstić information content (AvgIpc) is 3.25. The fourth-order valence-electron chi connectivity index (χ4n) is 5.44. The Labute approximate surface area is 174 Å². The number of likely N-dealkylation sites (tertiary alicyclic amines) is 1. The molecule has 160 valence electrons. The van der Waals surface area contributed by atoms with Gasteiger partial charge in [-0.15, -0.1) is 0 Å². The standard InChI is InChI=1S/C22H33N3O3S/c23-22(26)21-7-4-14-25(21)19-12-15-24(16-13-19)29(27,28)20-10-8-18(9-11-20)17-5-2-1-3-6-17/h8-11,17,19,21H,1-7,12-16H2,(H2,23,26). The first-order valence-electron chi connectivity index (χ1n) is 11.1. The Balaban J connectivity index is 1.39. The number of sulfonamides is 1. The van der Waals surface area contributed by atoms with Gasteiger partial charge < -0.3 is 5.73 Å². The van der Waals surface area contributed by atoms with Gasteiger partial charge in [0.05, 0.1) is 10.9 Å². The molecule has 0 aromatic heterocycles. The molecule has 1 aliphatic carbocycles. The van der Waals surface area contributed by atoms with Gasteiger partial charge in [0.15, 0.2) is 0 Å². The maximum atomic E-state index is 13.1. The van der Waals surface area contributed by atoms with E-state index in [1.165, 1.54) is 37.7 Å². The summed E-state index contributed by atoms with van der Waals surface area (Å²) in [5.41, 5.74) is 6.82. The molecule has 3 aliphatic rings. The Bertz CT molecular complexity index is 810.